The van der Waals surface area contributed by atoms with Gasteiger partial charge in [-0.05, 0) is 88.1 Å². The second-order valence-electron chi connectivity index (χ2n) is 10.7. The predicted molar refractivity (Wildman–Crippen MR) is 144 cm³/mol. The standard InChI is InChI=1S/C27H38N4O2.2ClH/c1-32-25-7-3-19(13-26(25)33-2)24-17-31-16-20(4-8-27(31)29-24)18-9-11-30(12-10-18)23-14-21-5-6-22(15-23)28-21;;/h3,7,13,17-18,20-23,28H,4-6,8-12,14-16H2,1-2H3;2*1H/t20-,21?,22?,23?;;/m1../s1. The summed E-state index contributed by atoms with van der Waals surface area (Å²) in [7, 11) is 3.36. The van der Waals surface area contributed by atoms with Gasteiger partial charge in [0.05, 0.1) is 19.9 Å². The number of methoxy groups -OCH3 is 2. The number of nitrogens with zero attached hydrogens (tertiary/aromatic N) is 3. The van der Waals surface area contributed by atoms with Crippen molar-refractivity contribution in [2.45, 2.75) is 76.0 Å². The van der Waals surface area contributed by atoms with Gasteiger partial charge in [-0.3, -0.25) is 0 Å². The lowest BCUT2D eigenvalue weighted by molar-refractivity contribution is 0.0725. The summed E-state index contributed by atoms with van der Waals surface area (Å²) in [5.41, 5.74) is 2.14. The Kier molecular flexibility index (Phi) is 8.57. The summed E-state index contributed by atoms with van der Waals surface area (Å²) >= 11 is 0. The summed E-state index contributed by atoms with van der Waals surface area (Å²) in [5, 5.41) is 3.81. The van der Waals surface area contributed by atoms with E-state index in [0.29, 0.717) is 0 Å². The molecule has 0 saturated carbocycles. The van der Waals surface area contributed by atoms with Gasteiger partial charge in [-0.1, -0.05) is 0 Å². The van der Waals surface area contributed by atoms with E-state index >= 15 is 0 Å². The van der Waals surface area contributed by atoms with Gasteiger partial charge in [0.2, 0.25) is 0 Å². The fraction of sp³-hybridized carbons (Fsp3) is 0.667. The highest BCUT2D eigenvalue weighted by molar-refractivity contribution is 5.85. The number of imidazole rings is 1. The summed E-state index contributed by atoms with van der Waals surface area (Å²) in [6.45, 7) is 3.73. The fourth-order valence-corrected chi connectivity index (χ4v) is 7.07. The normalized spacial score (nSPS) is 28.5. The summed E-state index contributed by atoms with van der Waals surface area (Å²) in [5.74, 6) is 4.40. The van der Waals surface area contributed by atoms with Crippen LogP contribution in [0.4, 0.5) is 0 Å². The summed E-state index contributed by atoms with van der Waals surface area (Å²) in [4.78, 5) is 7.81. The van der Waals surface area contributed by atoms with Gasteiger partial charge < -0.3 is 24.3 Å². The van der Waals surface area contributed by atoms with Crippen LogP contribution in [0.2, 0.25) is 0 Å². The van der Waals surface area contributed by atoms with E-state index in [2.05, 4.69) is 27.0 Å². The monoisotopic (exact) mass is 522 g/mol. The van der Waals surface area contributed by atoms with Crippen molar-refractivity contribution in [1.82, 2.24) is 19.8 Å². The average Bonchev–Trinajstić information content (AvgIpc) is 3.45. The molecule has 1 aromatic carbocycles. The second kappa shape index (κ2) is 11.3. The predicted octanol–water partition coefficient (Wildman–Crippen LogP) is 4.97. The molecule has 0 amide bonds. The molecule has 2 aromatic rings. The van der Waals surface area contributed by atoms with E-state index < -0.39 is 0 Å². The largest absolute Gasteiger partial charge is 0.493 e. The fourth-order valence-electron chi connectivity index (χ4n) is 7.07. The zero-order valence-corrected chi connectivity index (χ0v) is 22.6. The Morgan fingerprint density at radius 1 is 0.886 bits per heavy atom. The Morgan fingerprint density at radius 2 is 1.60 bits per heavy atom. The van der Waals surface area contributed by atoms with Gasteiger partial charge in [0, 0.05) is 42.9 Å². The molecule has 2 unspecified atom stereocenters. The number of hydrogen-bond acceptors (Lipinski definition) is 5. The van der Waals surface area contributed by atoms with Crippen LogP contribution in [0.25, 0.3) is 11.3 Å². The number of nitrogens with one attached hydrogen (secondary N) is 1. The van der Waals surface area contributed by atoms with Crippen molar-refractivity contribution in [2.24, 2.45) is 11.8 Å². The van der Waals surface area contributed by atoms with Crippen molar-refractivity contribution < 1.29 is 9.47 Å². The second-order valence-corrected chi connectivity index (χ2v) is 10.7. The molecule has 6 rings (SSSR count). The summed E-state index contributed by atoms with van der Waals surface area (Å²) in [6.07, 6.45) is 12.9. The topological polar surface area (TPSA) is 51.5 Å². The Morgan fingerprint density at radius 3 is 2.29 bits per heavy atom. The van der Waals surface area contributed by atoms with Gasteiger partial charge >= 0.3 is 0 Å². The maximum absolute atomic E-state index is 5.50. The first-order valence-corrected chi connectivity index (χ1v) is 13.0. The van der Waals surface area contributed by atoms with E-state index in [1.54, 1.807) is 14.2 Å². The number of likely N-dealkylation sites (tertiary alicyclic amines) is 1. The Balaban J connectivity index is 0.00000144. The highest BCUT2D eigenvalue weighted by atomic mass is 35.5. The number of piperidine rings is 2. The van der Waals surface area contributed by atoms with Crippen LogP contribution in [-0.2, 0) is 13.0 Å². The highest BCUT2D eigenvalue weighted by Crippen LogP contribution is 2.37. The van der Waals surface area contributed by atoms with Gasteiger partial charge in [0.25, 0.3) is 0 Å². The molecule has 6 nitrogen and oxygen atoms in total. The molecular weight excluding hydrogens is 483 g/mol. The molecule has 0 radical (unpaired) electrons. The molecule has 3 atom stereocenters. The highest BCUT2D eigenvalue weighted by Gasteiger charge is 2.38. The number of hydrogen-bond donors (Lipinski definition) is 1. The van der Waals surface area contributed by atoms with Crippen LogP contribution >= 0.6 is 24.8 Å². The first kappa shape index (κ1) is 26.6. The van der Waals surface area contributed by atoms with Gasteiger partial charge in [0.15, 0.2) is 11.5 Å². The van der Waals surface area contributed by atoms with E-state index in [0.717, 1.165) is 65.7 Å². The first-order chi connectivity index (χ1) is 16.2. The van der Waals surface area contributed by atoms with Crippen LogP contribution in [0.5, 0.6) is 11.5 Å². The molecule has 194 valence electrons. The smallest absolute Gasteiger partial charge is 0.161 e. The maximum atomic E-state index is 5.50. The van der Waals surface area contributed by atoms with Crippen molar-refractivity contribution in [3.63, 3.8) is 0 Å². The van der Waals surface area contributed by atoms with E-state index in [1.807, 2.05) is 12.1 Å². The SMILES string of the molecule is COc1ccc(-c2cn3c(n2)CC[C@@H](C2CCN(C4CC5CCC(C4)N5)CC2)C3)cc1OC.Cl.Cl. The molecule has 8 heteroatoms. The average molecular weight is 524 g/mol. The lowest BCUT2D eigenvalue weighted by Crippen LogP contribution is -2.51. The summed E-state index contributed by atoms with van der Waals surface area (Å²) in [6, 6.07) is 8.51. The van der Waals surface area contributed by atoms with Crippen LogP contribution in [0.3, 0.4) is 0 Å². The zero-order chi connectivity index (χ0) is 22.4. The molecule has 1 aromatic heterocycles. The lowest BCUT2D eigenvalue weighted by atomic mass is 9.79. The number of ether oxygens (including phenoxy) is 2. The number of fused-ring (bicyclic) bond motifs is 3. The van der Waals surface area contributed by atoms with Crippen LogP contribution in [-0.4, -0.2) is 59.9 Å². The van der Waals surface area contributed by atoms with Gasteiger partial charge in [-0.2, -0.15) is 0 Å². The third-order valence-electron chi connectivity index (χ3n) is 8.91. The Bertz CT molecular complexity index is 980. The minimum Gasteiger partial charge on any atom is -0.493 e. The third kappa shape index (κ3) is 5.31. The molecule has 35 heavy (non-hydrogen) atoms. The van der Waals surface area contributed by atoms with Crippen molar-refractivity contribution in [1.29, 1.82) is 0 Å². The molecule has 2 bridgehead atoms. The number of rotatable bonds is 5. The summed E-state index contributed by atoms with van der Waals surface area (Å²) < 4.78 is 13.3. The van der Waals surface area contributed by atoms with Crippen LogP contribution in [0.1, 0.15) is 50.8 Å². The molecule has 0 aliphatic carbocycles. The van der Waals surface area contributed by atoms with Gasteiger partial charge in [-0.25, -0.2) is 4.98 Å². The number of aryl methyl sites for hydroxylation is 1. The van der Waals surface area contributed by atoms with E-state index in [-0.39, 0.29) is 24.8 Å². The van der Waals surface area contributed by atoms with Crippen LogP contribution in [0.15, 0.2) is 24.4 Å². The first-order valence-electron chi connectivity index (χ1n) is 13.0. The van der Waals surface area contributed by atoms with Crippen LogP contribution in [0, 0.1) is 11.8 Å². The number of halogens is 2. The Hall–Kier alpha value is -1.47. The molecule has 3 saturated heterocycles. The zero-order valence-electron chi connectivity index (χ0n) is 20.9. The van der Waals surface area contributed by atoms with Crippen molar-refractivity contribution in [2.75, 3.05) is 27.3 Å². The Labute approximate surface area is 222 Å². The van der Waals surface area contributed by atoms with E-state index in [9.17, 15) is 0 Å². The molecule has 4 aliphatic rings. The molecular formula is C27H40Cl2N4O2. The van der Waals surface area contributed by atoms with Gasteiger partial charge in [0.1, 0.15) is 5.82 Å². The third-order valence-corrected chi connectivity index (χ3v) is 8.91. The van der Waals surface area contributed by atoms with Crippen molar-refractivity contribution >= 4 is 24.8 Å². The van der Waals surface area contributed by atoms with E-state index in [4.69, 9.17) is 14.5 Å². The molecule has 0 spiro atoms. The van der Waals surface area contributed by atoms with Crippen molar-refractivity contribution in [3.05, 3.63) is 30.2 Å². The van der Waals surface area contributed by atoms with Crippen LogP contribution < -0.4 is 14.8 Å². The van der Waals surface area contributed by atoms with E-state index in [1.165, 1.54) is 63.9 Å². The number of aromatic nitrogens is 2. The molecule has 5 heterocycles. The molecule has 4 aliphatic heterocycles. The quantitative estimate of drug-likeness (QED) is 0.600. The molecule has 1 N–H and O–H groups in total. The lowest BCUT2D eigenvalue weighted by Gasteiger charge is -2.43. The van der Waals surface area contributed by atoms with Crippen molar-refractivity contribution in [3.8, 4) is 22.8 Å². The van der Waals surface area contributed by atoms with Gasteiger partial charge in [-0.15, -0.1) is 24.8 Å². The minimum absolute atomic E-state index is 0. The maximum Gasteiger partial charge on any atom is 0.161 e. The molecule has 3 fully saturated rings. The minimum atomic E-state index is 0. The number of benzene rings is 1.